The molecular formula is C19H25ClO2. The summed E-state index contributed by atoms with van der Waals surface area (Å²) >= 11 is 6.34. The molecule has 2 nitrogen and oxygen atoms in total. The van der Waals surface area contributed by atoms with Crippen LogP contribution in [0.25, 0.3) is 0 Å². The summed E-state index contributed by atoms with van der Waals surface area (Å²) in [7, 11) is 0. The lowest BCUT2D eigenvalue weighted by Gasteiger charge is -2.56. The van der Waals surface area contributed by atoms with Crippen LogP contribution in [-0.2, 0) is 9.59 Å². The van der Waals surface area contributed by atoms with Crippen LogP contribution < -0.4 is 0 Å². The van der Waals surface area contributed by atoms with E-state index >= 15 is 0 Å². The molecule has 3 heteroatoms. The molecule has 0 unspecified atom stereocenters. The fourth-order valence-corrected chi connectivity index (χ4v) is 6.75. The molecule has 0 bridgehead atoms. The summed E-state index contributed by atoms with van der Waals surface area (Å²) in [5, 5.41) is -0.272. The molecule has 6 atom stereocenters. The SMILES string of the molecule is C[C@]12CCC(=O)C=C1CC[C@@H]1[C@@H]2CC[C@]2(C)C(=O)[C@@H](Cl)C[C@@H]12. The Hall–Kier alpha value is -0.630. The summed E-state index contributed by atoms with van der Waals surface area (Å²) in [5.74, 6) is 2.30. The second kappa shape index (κ2) is 4.69. The quantitative estimate of drug-likeness (QED) is 0.623. The van der Waals surface area contributed by atoms with Crippen molar-refractivity contribution in [1.82, 2.24) is 0 Å². The average Bonchev–Trinajstić information content (AvgIpc) is 2.72. The van der Waals surface area contributed by atoms with E-state index in [1.165, 1.54) is 5.57 Å². The second-order valence-electron chi connectivity index (χ2n) is 8.49. The molecule has 0 radical (unpaired) electrons. The van der Waals surface area contributed by atoms with Crippen molar-refractivity contribution >= 4 is 23.2 Å². The Morgan fingerprint density at radius 1 is 1.05 bits per heavy atom. The molecule has 120 valence electrons. The molecule has 0 heterocycles. The number of ketones is 2. The van der Waals surface area contributed by atoms with E-state index < -0.39 is 0 Å². The minimum atomic E-state index is -0.272. The molecule has 4 aliphatic carbocycles. The Bertz CT molecular complexity index is 580. The predicted molar refractivity (Wildman–Crippen MR) is 86.7 cm³/mol. The Morgan fingerprint density at radius 2 is 1.82 bits per heavy atom. The molecule has 3 saturated carbocycles. The van der Waals surface area contributed by atoms with E-state index in [0.29, 0.717) is 35.7 Å². The van der Waals surface area contributed by atoms with Crippen LogP contribution in [0, 0.1) is 28.6 Å². The summed E-state index contributed by atoms with van der Waals surface area (Å²) in [6, 6.07) is 0. The lowest BCUT2D eigenvalue weighted by atomic mass is 9.47. The minimum absolute atomic E-state index is 0.185. The number of alkyl halides is 1. The average molecular weight is 321 g/mol. The highest BCUT2D eigenvalue weighted by Gasteiger charge is 2.61. The molecule has 0 aromatic heterocycles. The molecule has 3 fully saturated rings. The smallest absolute Gasteiger partial charge is 0.156 e. The number of carbonyl (C=O) groups excluding carboxylic acids is 2. The number of hydrogen-bond donors (Lipinski definition) is 0. The highest BCUT2D eigenvalue weighted by molar-refractivity contribution is 6.32. The van der Waals surface area contributed by atoms with Gasteiger partial charge in [-0.15, -0.1) is 11.6 Å². The van der Waals surface area contributed by atoms with Gasteiger partial charge >= 0.3 is 0 Å². The number of rotatable bonds is 0. The first-order valence-corrected chi connectivity index (χ1v) is 9.22. The maximum absolute atomic E-state index is 12.6. The van der Waals surface area contributed by atoms with Crippen LogP contribution in [0.2, 0.25) is 0 Å². The normalized spacial score (nSPS) is 51.0. The van der Waals surface area contributed by atoms with E-state index in [1.54, 1.807) is 0 Å². The van der Waals surface area contributed by atoms with Crippen molar-refractivity contribution < 1.29 is 9.59 Å². The third-order valence-electron chi connectivity index (χ3n) is 7.66. The fraction of sp³-hybridized carbons (Fsp3) is 0.789. The number of hydrogen-bond acceptors (Lipinski definition) is 2. The number of halogens is 1. The number of allylic oxidation sites excluding steroid dienone is 1. The van der Waals surface area contributed by atoms with Crippen LogP contribution in [0.4, 0.5) is 0 Å². The lowest BCUT2D eigenvalue weighted by Crippen LogP contribution is -2.50. The first-order valence-electron chi connectivity index (χ1n) is 8.78. The molecule has 0 aromatic carbocycles. The fourth-order valence-electron chi connectivity index (χ4n) is 6.31. The number of carbonyl (C=O) groups is 2. The van der Waals surface area contributed by atoms with Crippen LogP contribution >= 0.6 is 11.6 Å². The summed E-state index contributed by atoms with van der Waals surface area (Å²) < 4.78 is 0. The topological polar surface area (TPSA) is 34.1 Å². The summed E-state index contributed by atoms with van der Waals surface area (Å²) in [6.07, 6.45) is 8.78. The van der Waals surface area contributed by atoms with E-state index in [9.17, 15) is 9.59 Å². The highest BCUT2D eigenvalue weighted by Crippen LogP contribution is 2.64. The number of fused-ring (bicyclic) bond motifs is 5. The van der Waals surface area contributed by atoms with Crippen molar-refractivity contribution in [2.45, 2.75) is 64.2 Å². The zero-order valence-corrected chi connectivity index (χ0v) is 14.3. The Labute approximate surface area is 137 Å². The molecule has 0 amide bonds. The first-order chi connectivity index (χ1) is 10.4. The van der Waals surface area contributed by atoms with E-state index in [4.69, 9.17) is 11.6 Å². The van der Waals surface area contributed by atoms with Crippen LogP contribution in [0.1, 0.15) is 58.8 Å². The third-order valence-corrected chi connectivity index (χ3v) is 8.04. The van der Waals surface area contributed by atoms with Gasteiger partial charge in [-0.2, -0.15) is 0 Å². The first kappa shape index (κ1) is 14.9. The zero-order valence-electron chi connectivity index (χ0n) is 13.5. The van der Waals surface area contributed by atoms with Crippen LogP contribution in [0.3, 0.4) is 0 Å². The van der Waals surface area contributed by atoms with Crippen molar-refractivity contribution in [1.29, 1.82) is 0 Å². The van der Waals surface area contributed by atoms with Crippen LogP contribution in [0.15, 0.2) is 11.6 Å². The molecule has 0 N–H and O–H groups in total. The molecule has 0 spiro atoms. The maximum atomic E-state index is 12.6. The van der Waals surface area contributed by atoms with Crippen molar-refractivity contribution in [3.8, 4) is 0 Å². The summed E-state index contributed by atoms with van der Waals surface area (Å²) in [6.45, 7) is 4.54. The van der Waals surface area contributed by atoms with Gasteiger partial charge in [-0.1, -0.05) is 19.4 Å². The van der Waals surface area contributed by atoms with Gasteiger partial charge in [0.2, 0.25) is 0 Å². The van der Waals surface area contributed by atoms with Gasteiger partial charge in [0.15, 0.2) is 11.6 Å². The monoisotopic (exact) mass is 320 g/mol. The van der Waals surface area contributed by atoms with Gasteiger partial charge in [-0.25, -0.2) is 0 Å². The maximum Gasteiger partial charge on any atom is 0.156 e. The van der Waals surface area contributed by atoms with Gasteiger partial charge in [0.1, 0.15) is 0 Å². The van der Waals surface area contributed by atoms with E-state index in [-0.39, 0.29) is 16.2 Å². The molecule has 4 aliphatic rings. The molecule has 22 heavy (non-hydrogen) atoms. The van der Waals surface area contributed by atoms with E-state index in [0.717, 1.165) is 38.5 Å². The van der Waals surface area contributed by atoms with Crippen molar-refractivity contribution in [2.24, 2.45) is 28.6 Å². The molecule has 0 aromatic rings. The van der Waals surface area contributed by atoms with E-state index in [2.05, 4.69) is 13.8 Å². The zero-order chi connectivity index (χ0) is 15.7. The molecule has 4 rings (SSSR count). The molecular weight excluding hydrogens is 296 g/mol. The lowest BCUT2D eigenvalue weighted by molar-refractivity contribution is -0.132. The van der Waals surface area contributed by atoms with Crippen molar-refractivity contribution in [3.05, 3.63) is 11.6 Å². The van der Waals surface area contributed by atoms with Crippen LogP contribution in [0.5, 0.6) is 0 Å². The second-order valence-corrected chi connectivity index (χ2v) is 9.02. The van der Waals surface area contributed by atoms with Gasteiger partial charge in [0.25, 0.3) is 0 Å². The standard InChI is InChI=1S/C19H25ClO2/c1-18-7-5-12(21)9-11(18)3-4-13-14(18)6-8-19(2)15(13)10-16(20)17(19)22/h9,13-16H,3-8,10H2,1-2H3/t13-,14+,15+,16+,18+,19+/m1/s1. The van der Waals surface area contributed by atoms with Crippen molar-refractivity contribution in [3.63, 3.8) is 0 Å². The summed E-state index contributed by atoms with van der Waals surface area (Å²) in [4.78, 5) is 24.4. The largest absolute Gasteiger partial charge is 0.297 e. The Morgan fingerprint density at radius 3 is 2.59 bits per heavy atom. The van der Waals surface area contributed by atoms with Gasteiger partial charge < -0.3 is 0 Å². The summed E-state index contributed by atoms with van der Waals surface area (Å²) in [5.41, 5.74) is 1.39. The minimum Gasteiger partial charge on any atom is -0.297 e. The van der Waals surface area contributed by atoms with Gasteiger partial charge in [0.05, 0.1) is 5.38 Å². The number of Topliss-reactive ketones (excluding diaryl/α,β-unsaturated/α-hetero) is 1. The third kappa shape index (κ3) is 1.79. The van der Waals surface area contributed by atoms with Gasteiger partial charge in [-0.05, 0) is 67.8 Å². The van der Waals surface area contributed by atoms with E-state index in [1.807, 2.05) is 6.08 Å². The van der Waals surface area contributed by atoms with Gasteiger partial charge in [0, 0.05) is 11.8 Å². The Kier molecular flexibility index (Phi) is 3.18. The Balaban J connectivity index is 1.70. The highest BCUT2D eigenvalue weighted by atomic mass is 35.5. The van der Waals surface area contributed by atoms with Crippen molar-refractivity contribution in [2.75, 3.05) is 0 Å². The predicted octanol–water partition coefficient (Wildman–Crippen LogP) is 4.30. The van der Waals surface area contributed by atoms with Gasteiger partial charge in [-0.3, -0.25) is 9.59 Å². The van der Waals surface area contributed by atoms with Crippen LogP contribution in [-0.4, -0.2) is 16.9 Å². The molecule has 0 saturated heterocycles. The molecule has 0 aliphatic heterocycles.